The van der Waals surface area contributed by atoms with Crippen molar-refractivity contribution in [3.63, 3.8) is 0 Å². The van der Waals surface area contributed by atoms with E-state index in [1.807, 2.05) is 25.2 Å². The Labute approximate surface area is 103 Å². The highest BCUT2D eigenvalue weighted by Gasteiger charge is 2.06. The van der Waals surface area contributed by atoms with Crippen LogP contribution in [-0.4, -0.2) is 26.6 Å². The fourth-order valence-corrected chi connectivity index (χ4v) is 1.64. The van der Waals surface area contributed by atoms with Crippen LogP contribution in [-0.2, 0) is 11.3 Å². The molecule has 0 aliphatic heterocycles. The summed E-state index contributed by atoms with van der Waals surface area (Å²) in [6, 6.07) is 5.70. The Bertz CT molecular complexity index is 369. The van der Waals surface area contributed by atoms with Crippen LogP contribution in [0, 0.1) is 0 Å². The summed E-state index contributed by atoms with van der Waals surface area (Å²) in [6.45, 7) is 0.733. The minimum absolute atomic E-state index is 0.0366. The molecule has 1 aromatic carbocycles. The minimum atomic E-state index is -0.140. The standard InChI is InChI=1S/C11H15BrN2O2/c1-13-6-8-5-9(12)3-4-10(8)16-7-11(15)14-2/h3-5,13H,6-7H2,1-2H3,(H,14,15). The van der Waals surface area contributed by atoms with Crippen molar-refractivity contribution < 1.29 is 9.53 Å². The van der Waals surface area contributed by atoms with E-state index in [2.05, 4.69) is 26.6 Å². The summed E-state index contributed by atoms with van der Waals surface area (Å²) in [5.41, 5.74) is 1.01. The summed E-state index contributed by atoms with van der Waals surface area (Å²) in [4.78, 5) is 11.1. The van der Waals surface area contributed by atoms with Crippen LogP contribution in [0.4, 0.5) is 0 Å². The number of ether oxygens (including phenoxy) is 1. The van der Waals surface area contributed by atoms with Crippen LogP contribution in [0.1, 0.15) is 5.56 Å². The summed E-state index contributed by atoms with van der Waals surface area (Å²) in [5, 5.41) is 5.56. The van der Waals surface area contributed by atoms with Crippen LogP contribution in [0.15, 0.2) is 22.7 Å². The number of amides is 1. The predicted octanol–water partition coefficient (Wildman–Crippen LogP) is 1.29. The van der Waals surface area contributed by atoms with Crippen molar-refractivity contribution in [3.8, 4) is 5.75 Å². The monoisotopic (exact) mass is 286 g/mol. The second-order valence-electron chi connectivity index (χ2n) is 3.24. The quantitative estimate of drug-likeness (QED) is 0.858. The normalized spacial score (nSPS) is 9.94. The number of carbonyl (C=O) groups is 1. The molecule has 0 saturated heterocycles. The Morgan fingerprint density at radius 3 is 2.81 bits per heavy atom. The van der Waals surface area contributed by atoms with Crippen molar-refractivity contribution in [1.82, 2.24) is 10.6 Å². The zero-order valence-corrected chi connectivity index (χ0v) is 10.9. The van der Waals surface area contributed by atoms with Gasteiger partial charge in [0.25, 0.3) is 5.91 Å². The summed E-state index contributed by atoms with van der Waals surface area (Å²) < 4.78 is 6.42. The third kappa shape index (κ3) is 3.83. The molecule has 0 spiro atoms. The first kappa shape index (κ1) is 13.0. The van der Waals surface area contributed by atoms with Gasteiger partial charge in [-0.2, -0.15) is 0 Å². The Kier molecular flexibility index (Phi) is 5.28. The van der Waals surface area contributed by atoms with Crippen molar-refractivity contribution in [2.75, 3.05) is 20.7 Å². The van der Waals surface area contributed by atoms with Gasteiger partial charge < -0.3 is 15.4 Å². The van der Waals surface area contributed by atoms with Crippen molar-refractivity contribution >= 4 is 21.8 Å². The molecule has 0 heterocycles. The maximum absolute atomic E-state index is 11.1. The van der Waals surface area contributed by atoms with Gasteiger partial charge >= 0.3 is 0 Å². The number of nitrogens with one attached hydrogen (secondary N) is 2. The molecule has 0 aliphatic rings. The fraction of sp³-hybridized carbons (Fsp3) is 0.364. The lowest BCUT2D eigenvalue weighted by Gasteiger charge is -2.11. The van der Waals surface area contributed by atoms with E-state index in [4.69, 9.17) is 4.74 Å². The second-order valence-corrected chi connectivity index (χ2v) is 4.16. The van der Waals surface area contributed by atoms with Gasteiger partial charge in [0.2, 0.25) is 0 Å². The van der Waals surface area contributed by atoms with Crippen LogP contribution in [0.3, 0.4) is 0 Å². The highest BCUT2D eigenvalue weighted by molar-refractivity contribution is 9.10. The molecule has 1 aromatic rings. The lowest BCUT2D eigenvalue weighted by atomic mass is 10.2. The van der Waals surface area contributed by atoms with E-state index in [9.17, 15) is 4.79 Å². The van der Waals surface area contributed by atoms with Crippen molar-refractivity contribution in [1.29, 1.82) is 0 Å². The molecule has 5 heteroatoms. The van der Waals surface area contributed by atoms with Crippen LogP contribution < -0.4 is 15.4 Å². The smallest absolute Gasteiger partial charge is 0.257 e. The van der Waals surface area contributed by atoms with Crippen molar-refractivity contribution in [3.05, 3.63) is 28.2 Å². The molecule has 0 radical (unpaired) electrons. The second kappa shape index (κ2) is 6.50. The molecular formula is C11H15BrN2O2. The van der Waals surface area contributed by atoms with Crippen LogP contribution in [0.2, 0.25) is 0 Å². The largest absolute Gasteiger partial charge is 0.483 e. The van der Waals surface area contributed by atoms with Gasteiger partial charge in [0.1, 0.15) is 5.75 Å². The van der Waals surface area contributed by atoms with Gasteiger partial charge in [-0.25, -0.2) is 0 Å². The van der Waals surface area contributed by atoms with Gasteiger partial charge in [0.05, 0.1) is 0 Å². The zero-order valence-electron chi connectivity index (χ0n) is 9.34. The van der Waals surface area contributed by atoms with E-state index in [0.717, 1.165) is 15.8 Å². The summed E-state index contributed by atoms with van der Waals surface area (Å²) >= 11 is 3.40. The van der Waals surface area contributed by atoms with E-state index in [0.29, 0.717) is 6.54 Å². The zero-order chi connectivity index (χ0) is 12.0. The SMILES string of the molecule is CNCc1cc(Br)ccc1OCC(=O)NC. The molecule has 0 unspecified atom stereocenters. The van der Waals surface area contributed by atoms with Gasteiger partial charge in [0.15, 0.2) is 6.61 Å². The van der Waals surface area contributed by atoms with Gasteiger partial charge in [0, 0.05) is 23.6 Å². The maximum atomic E-state index is 11.1. The average molecular weight is 287 g/mol. The Morgan fingerprint density at radius 1 is 1.44 bits per heavy atom. The van der Waals surface area contributed by atoms with Gasteiger partial charge in [-0.05, 0) is 25.2 Å². The first-order valence-corrected chi connectivity index (χ1v) is 5.73. The van der Waals surface area contributed by atoms with Crippen molar-refractivity contribution in [2.45, 2.75) is 6.54 Å². The van der Waals surface area contributed by atoms with E-state index >= 15 is 0 Å². The lowest BCUT2D eigenvalue weighted by molar-refractivity contribution is -0.122. The molecule has 0 atom stereocenters. The van der Waals surface area contributed by atoms with Gasteiger partial charge in [-0.3, -0.25) is 4.79 Å². The fourth-order valence-electron chi connectivity index (χ4n) is 1.23. The third-order valence-electron chi connectivity index (χ3n) is 2.03. The summed E-state index contributed by atoms with van der Waals surface area (Å²) in [5.74, 6) is 0.583. The van der Waals surface area contributed by atoms with E-state index < -0.39 is 0 Å². The Morgan fingerprint density at radius 2 is 2.19 bits per heavy atom. The molecule has 88 valence electrons. The molecule has 0 aromatic heterocycles. The van der Waals surface area contributed by atoms with Crippen LogP contribution >= 0.6 is 15.9 Å². The van der Waals surface area contributed by atoms with Crippen LogP contribution in [0.5, 0.6) is 5.75 Å². The number of hydrogen-bond donors (Lipinski definition) is 2. The Balaban J connectivity index is 2.73. The number of benzene rings is 1. The number of halogens is 1. The highest BCUT2D eigenvalue weighted by atomic mass is 79.9. The summed E-state index contributed by atoms with van der Waals surface area (Å²) in [7, 11) is 3.45. The first-order valence-electron chi connectivity index (χ1n) is 4.93. The number of rotatable bonds is 5. The number of hydrogen-bond acceptors (Lipinski definition) is 3. The first-order chi connectivity index (χ1) is 7.67. The molecule has 1 amide bonds. The van der Waals surface area contributed by atoms with Gasteiger partial charge in [-0.15, -0.1) is 0 Å². The lowest BCUT2D eigenvalue weighted by Crippen LogP contribution is -2.25. The van der Waals surface area contributed by atoms with E-state index in [1.165, 1.54) is 0 Å². The highest BCUT2D eigenvalue weighted by Crippen LogP contribution is 2.23. The number of carbonyl (C=O) groups excluding carboxylic acids is 1. The molecule has 16 heavy (non-hydrogen) atoms. The van der Waals surface area contributed by atoms with Crippen molar-refractivity contribution in [2.24, 2.45) is 0 Å². The predicted molar refractivity (Wildman–Crippen MR) is 66.5 cm³/mol. The maximum Gasteiger partial charge on any atom is 0.257 e. The molecule has 0 aliphatic carbocycles. The molecule has 1 rings (SSSR count). The summed E-state index contributed by atoms with van der Waals surface area (Å²) in [6.07, 6.45) is 0. The Hall–Kier alpha value is -1.07. The third-order valence-corrected chi connectivity index (χ3v) is 2.52. The van der Waals surface area contributed by atoms with E-state index in [1.54, 1.807) is 7.05 Å². The molecule has 0 bridgehead atoms. The molecule has 4 nitrogen and oxygen atoms in total. The topological polar surface area (TPSA) is 50.4 Å². The number of likely N-dealkylation sites (N-methyl/N-ethyl adjacent to an activating group) is 1. The molecular weight excluding hydrogens is 272 g/mol. The molecule has 2 N–H and O–H groups in total. The van der Waals surface area contributed by atoms with Gasteiger partial charge in [-0.1, -0.05) is 15.9 Å². The minimum Gasteiger partial charge on any atom is -0.483 e. The average Bonchev–Trinajstić information content (AvgIpc) is 2.28. The van der Waals surface area contributed by atoms with E-state index in [-0.39, 0.29) is 12.5 Å². The molecule has 0 saturated carbocycles. The molecule has 0 fully saturated rings. The van der Waals surface area contributed by atoms with Crippen LogP contribution in [0.25, 0.3) is 0 Å².